The second-order valence-electron chi connectivity index (χ2n) is 17.3. The van der Waals surface area contributed by atoms with Gasteiger partial charge in [0, 0.05) is 12.5 Å². The molecule has 8 nitrogen and oxygen atoms in total. The Morgan fingerprint density at radius 3 is 2.17 bits per heavy atom. The molecule has 0 radical (unpaired) electrons. The Morgan fingerprint density at radius 2 is 1.48 bits per heavy atom. The van der Waals surface area contributed by atoms with Crippen molar-refractivity contribution < 1.29 is 14.3 Å². The molecule has 4 aliphatic rings. The zero-order valence-electron chi connectivity index (χ0n) is 31.8. The van der Waals surface area contributed by atoms with Gasteiger partial charge in [0.2, 0.25) is 5.91 Å². The molecule has 4 saturated carbocycles. The molecule has 48 heavy (non-hydrogen) atoms. The summed E-state index contributed by atoms with van der Waals surface area (Å²) in [5, 5.41) is 14.0. The van der Waals surface area contributed by atoms with E-state index in [1.165, 1.54) is 84.2 Å². The molecule has 0 aliphatic heterocycles. The van der Waals surface area contributed by atoms with Crippen molar-refractivity contribution in [3.8, 4) is 0 Å². The predicted molar refractivity (Wildman–Crippen MR) is 197 cm³/mol. The lowest BCUT2D eigenvalue weighted by Gasteiger charge is -2.61. The molecule has 0 aromatic rings. The Kier molecular flexibility index (Phi) is 15.5. The summed E-state index contributed by atoms with van der Waals surface area (Å²) in [7, 11) is 1.39. The van der Waals surface area contributed by atoms with Gasteiger partial charge in [-0.3, -0.25) is 4.79 Å². The summed E-state index contributed by atoms with van der Waals surface area (Å²) in [5.74, 6) is 4.36. The first-order valence-corrected chi connectivity index (χ1v) is 20.3. The van der Waals surface area contributed by atoms with Gasteiger partial charge in [-0.05, 0) is 181 Å². The molecular formula is C40H75N5O3. The van der Waals surface area contributed by atoms with E-state index in [1.807, 2.05) is 13.8 Å². The molecular weight excluding hydrogens is 598 g/mol. The second kappa shape index (κ2) is 18.9. The highest BCUT2D eigenvalue weighted by atomic mass is 16.5. The summed E-state index contributed by atoms with van der Waals surface area (Å²) in [6, 6.07) is 0.136. The van der Waals surface area contributed by atoms with Gasteiger partial charge in [0.15, 0.2) is 0 Å². The van der Waals surface area contributed by atoms with Gasteiger partial charge < -0.3 is 31.7 Å². The number of nitrogens with two attached hydrogens (primary N) is 1. The summed E-state index contributed by atoms with van der Waals surface area (Å²) in [6.07, 6.45) is 18.6. The molecule has 4 fully saturated rings. The first-order chi connectivity index (χ1) is 23.0. The van der Waals surface area contributed by atoms with Crippen LogP contribution in [0.4, 0.5) is 0 Å². The lowest BCUT2D eigenvalue weighted by atomic mass is 9.44. The van der Waals surface area contributed by atoms with Crippen molar-refractivity contribution in [2.45, 2.75) is 143 Å². The molecule has 6 N–H and O–H groups in total. The van der Waals surface area contributed by atoms with E-state index in [0.29, 0.717) is 35.1 Å². The third kappa shape index (κ3) is 9.76. The molecule has 0 bridgehead atoms. The number of carbonyl (C=O) groups is 2. The molecule has 4 rings (SSSR count). The summed E-state index contributed by atoms with van der Waals surface area (Å²) < 4.78 is 4.93. The van der Waals surface area contributed by atoms with Gasteiger partial charge in [-0.15, -0.1) is 0 Å². The highest BCUT2D eigenvalue weighted by Gasteiger charge is 2.60. The minimum absolute atomic E-state index is 0.0135. The van der Waals surface area contributed by atoms with Crippen molar-refractivity contribution in [3.05, 3.63) is 0 Å². The van der Waals surface area contributed by atoms with Crippen LogP contribution < -0.4 is 27.0 Å². The quantitative estimate of drug-likeness (QED) is 0.0792. The summed E-state index contributed by atoms with van der Waals surface area (Å²) in [5.41, 5.74) is 6.46. The Balaban J connectivity index is 1.18. The van der Waals surface area contributed by atoms with Crippen molar-refractivity contribution >= 4 is 11.9 Å². The van der Waals surface area contributed by atoms with Crippen LogP contribution in [0.2, 0.25) is 0 Å². The second-order valence-corrected chi connectivity index (χ2v) is 17.3. The van der Waals surface area contributed by atoms with E-state index in [9.17, 15) is 9.59 Å². The Hall–Kier alpha value is -1.22. The highest BCUT2D eigenvalue weighted by molar-refractivity contribution is 5.84. The smallest absolute Gasteiger partial charge is 0.328 e. The van der Waals surface area contributed by atoms with Gasteiger partial charge in [0.1, 0.15) is 6.04 Å². The number of ether oxygens (including phenoxy) is 1. The van der Waals surface area contributed by atoms with Crippen molar-refractivity contribution in [2.75, 3.05) is 46.4 Å². The lowest BCUT2D eigenvalue weighted by Crippen LogP contribution is -2.55. The molecule has 5 unspecified atom stereocenters. The maximum Gasteiger partial charge on any atom is 0.328 e. The SMILES string of the molecule is COC(=O)C(NC(=O)CC[C@@H](C)C1CCC2C3CC[C@@H]4C[C@@H](NCCCNCCCCNCCCN)CC[C@]4(C)C3CC[C@@]21C)C(C)C. The highest BCUT2D eigenvalue weighted by Crippen LogP contribution is 2.68. The minimum atomic E-state index is -0.564. The lowest BCUT2D eigenvalue weighted by molar-refractivity contribution is -0.146. The van der Waals surface area contributed by atoms with Crippen LogP contribution in [0.5, 0.6) is 0 Å². The minimum Gasteiger partial charge on any atom is -0.467 e. The van der Waals surface area contributed by atoms with Crippen molar-refractivity contribution in [1.82, 2.24) is 21.3 Å². The monoisotopic (exact) mass is 674 g/mol. The Bertz CT molecular complexity index is 994. The molecule has 0 heterocycles. The fraction of sp³-hybridized carbons (Fsp3) is 0.950. The third-order valence-corrected chi connectivity index (χ3v) is 14.2. The molecule has 8 heteroatoms. The first-order valence-electron chi connectivity index (χ1n) is 20.3. The molecule has 10 atom stereocenters. The van der Waals surface area contributed by atoms with Gasteiger partial charge >= 0.3 is 5.97 Å². The fourth-order valence-electron chi connectivity index (χ4n) is 11.3. The number of rotatable bonds is 20. The summed E-state index contributed by atoms with van der Waals surface area (Å²) >= 11 is 0. The van der Waals surface area contributed by atoms with Crippen LogP contribution in [0.1, 0.15) is 131 Å². The molecule has 0 spiro atoms. The first kappa shape index (κ1) is 39.6. The number of carbonyl (C=O) groups excluding carboxylic acids is 2. The van der Waals surface area contributed by atoms with E-state index in [-0.39, 0.29) is 17.8 Å². The van der Waals surface area contributed by atoms with E-state index in [0.717, 1.165) is 75.8 Å². The molecule has 278 valence electrons. The maximum atomic E-state index is 12.9. The maximum absolute atomic E-state index is 12.9. The van der Waals surface area contributed by atoms with E-state index >= 15 is 0 Å². The van der Waals surface area contributed by atoms with Crippen LogP contribution in [0, 0.1) is 52.3 Å². The van der Waals surface area contributed by atoms with Crippen molar-refractivity contribution in [2.24, 2.45) is 58.0 Å². The van der Waals surface area contributed by atoms with E-state index < -0.39 is 6.04 Å². The molecule has 0 aromatic carbocycles. The Labute approximate surface area is 294 Å². The standard InChI is InChI=1S/C40H75N5O3/c1-28(2)37(38(47)48-6)45-36(46)16-11-29(3)33-14-15-34-32-13-12-30-27-31(17-19-39(30,4)35(32)18-20-40(33,34)5)44-26-10-25-43-23-8-7-22-42-24-9-21-41/h28-35,37,42-44H,7-27,41H2,1-6H3,(H,45,46)/t29-,30-,31+,32?,33?,34?,35?,37?,39+,40-/m1/s1. The average molecular weight is 674 g/mol. The zero-order chi connectivity index (χ0) is 34.7. The number of fused-ring (bicyclic) bond motifs is 5. The van der Waals surface area contributed by atoms with E-state index in [1.54, 1.807) is 0 Å². The topological polar surface area (TPSA) is 118 Å². The van der Waals surface area contributed by atoms with E-state index in [4.69, 9.17) is 10.5 Å². The number of hydrogen-bond donors (Lipinski definition) is 5. The predicted octanol–water partition coefficient (Wildman–Crippen LogP) is 6.03. The van der Waals surface area contributed by atoms with Crippen LogP contribution in [0.25, 0.3) is 0 Å². The van der Waals surface area contributed by atoms with Crippen molar-refractivity contribution in [3.63, 3.8) is 0 Å². The van der Waals surface area contributed by atoms with Crippen LogP contribution in [0.3, 0.4) is 0 Å². The van der Waals surface area contributed by atoms with Crippen LogP contribution in [-0.2, 0) is 14.3 Å². The number of amides is 1. The van der Waals surface area contributed by atoms with Gasteiger partial charge in [0.05, 0.1) is 7.11 Å². The van der Waals surface area contributed by atoms with Crippen LogP contribution in [0.15, 0.2) is 0 Å². The largest absolute Gasteiger partial charge is 0.467 e. The van der Waals surface area contributed by atoms with Gasteiger partial charge in [0.25, 0.3) is 0 Å². The molecule has 1 amide bonds. The zero-order valence-corrected chi connectivity index (χ0v) is 31.8. The number of hydrogen-bond acceptors (Lipinski definition) is 7. The molecule has 4 aliphatic carbocycles. The Morgan fingerprint density at radius 1 is 0.812 bits per heavy atom. The summed E-state index contributed by atoms with van der Waals surface area (Å²) in [4.78, 5) is 25.0. The van der Waals surface area contributed by atoms with Gasteiger partial charge in [-0.2, -0.15) is 0 Å². The third-order valence-electron chi connectivity index (χ3n) is 14.2. The number of esters is 1. The normalized spacial score (nSPS) is 34.2. The van der Waals surface area contributed by atoms with Gasteiger partial charge in [-0.25, -0.2) is 4.79 Å². The fourth-order valence-corrected chi connectivity index (χ4v) is 11.3. The number of nitrogens with one attached hydrogen (secondary N) is 4. The van der Waals surface area contributed by atoms with Crippen LogP contribution in [-0.4, -0.2) is 70.3 Å². The summed E-state index contributed by atoms with van der Waals surface area (Å²) in [6.45, 7) is 17.9. The van der Waals surface area contributed by atoms with Crippen molar-refractivity contribution in [1.29, 1.82) is 0 Å². The average Bonchev–Trinajstić information content (AvgIpc) is 3.43. The number of methoxy groups -OCH3 is 1. The number of unbranched alkanes of at least 4 members (excludes halogenated alkanes) is 1. The molecule has 0 aromatic heterocycles. The van der Waals surface area contributed by atoms with Gasteiger partial charge in [-0.1, -0.05) is 34.6 Å². The molecule has 0 saturated heterocycles. The van der Waals surface area contributed by atoms with E-state index in [2.05, 4.69) is 42.0 Å². The van der Waals surface area contributed by atoms with Crippen LogP contribution >= 0.6 is 0 Å².